The number of furan rings is 1. The minimum absolute atomic E-state index is 0.847. The number of benzene rings is 2. The Labute approximate surface area is 105 Å². The van der Waals surface area contributed by atoms with Crippen LogP contribution >= 0.6 is 0 Å². The molecule has 3 rings (SSSR count). The number of aliphatic imine (C=N–C) groups is 1. The van der Waals surface area contributed by atoms with Gasteiger partial charge in [-0.25, -0.2) is 0 Å². The van der Waals surface area contributed by atoms with Crippen molar-refractivity contribution in [1.29, 1.82) is 0 Å². The highest BCUT2D eigenvalue weighted by Crippen LogP contribution is 2.34. The number of para-hydroxylation sites is 2. The molecular formula is C16H13NO. The minimum Gasteiger partial charge on any atom is -0.454 e. The number of hydrogen-bond donors (Lipinski definition) is 0. The van der Waals surface area contributed by atoms with Crippen molar-refractivity contribution in [2.24, 2.45) is 4.99 Å². The van der Waals surface area contributed by atoms with Crippen molar-refractivity contribution in [3.8, 4) is 0 Å². The van der Waals surface area contributed by atoms with E-state index in [-0.39, 0.29) is 0 Å². The van der Waals surface area contributed by atoms with Gasteiger partial charge in [-0.3, -0.25) is 4.99 Å². The third-order valence-corrected chi connectivity index (χ3v) is 2.88. The molecule has 2 nitrogen and oxygen atoms in total. The maximum atomic E-state index is 5.88. The fraction of sp³-hybridized carbons (Fsp3) is 0.0625. The van der Waals surface area contributed by atoms with Gasteiger partial charge in [0.1, 0.15) is 11.3 Å². The molecular weight excluding hydrogens is 222 g/mol. The fourth-order valence-electron chi connectivity index (χ4n) is 2.04. The van der Waals surface area contributed by atoms with Crippen molar-refractivity contribution in [2.45, 2.75) is 6.92 Å². The first-order chi connectivity index (χ1) is 8.90. The molecule has 0 fully saturated rings. The van der Waals surface area contributed by atoms with Gasteiger partial charge in [0, 0.05) is 17.0 Å². The lowest BCUT2D eigenvalue weighted by Crippen LogP contribution is -1.69. The predicted molar refractivity (Wildman–Crippen MR) is 76.7 cm³/mol. The van der Waals surface area contributed by atoms with Crippen LogP contribution < -0.4 is 0 Å². The van der Waals surface area contributed by atoms with Crippen molar-refractivity contribution in [3.63, 3.8) is 0 Å². The highest BCUT2D eigenvalue weighted by atomic mass is 16.3. The normalized spacial score (nSPS) is 12.3. The van der Waals surface area contributed by atoms with Gasteiger partial charge < -0.3 is 4.42 Å². The summed E-state index contributed by atoms with van der Waals surface area (Å²) in [6, 6.07) is 14.1. The molecule has 3 aromatic rings. The molecule has 0 aliphatic carbocycles. The first-order valence-corrected chi connectivity index (χ1v) is 5.96. The van der Waals surface area contributed by atoms with E-state index in [9.17, 15) is 0 Å². The number of allylic oxidation sites excluding steroid dienone is 2. The molecule has 0 N–H and O–H groups in total. The molecule has 1 heterocycles. The highest BCUT2D eigenvalue weighted by Gasteiger charge is 2.08. The van der Waals surface area contributed by atoms with Gasteiger partial charge in [-0.2, -0.15) is 0 Å². The van der Waals surface area contributed by atoms with E-state index in [2.05, 4.69) is 17.1 Å². The maximum absolute atomic E-state index is 5.88. The maximum Gasteiger partial charge on any atom is 0.160 e. The summed E-state index contributed by atoms with van der Waals surface area (Å²) in [7, 11) is 0. The molecule has 0 aliphatic heterocycles. The molecule has 0 aliphatic rings. The van der Waals surface area contributed by atoms with E-state index >= 15 is 0 Å². The third kappa shape index (κ3) is 1.72. The summed E-state index contributed by atoms with van der Waals surface area (Å²) in [5.74, 6) is 0. The van der Waals surface area contributed by atoms with Gasteiger partial charge in [0.05, 0.1) is 0 Å². The summed E-state index contributed by atoms with van der Waals surface area (Å²) >= 11 is 0. The van der Waals surface area contributed by atoms with Gasteiger partial charge >= 0.3 is 0 Å². The Hall–Kier alpha value is -2.35. The van der Waals surface area contributed by atoms with Gasteiger partial charge in [-0.1, -0.05) is 36.4 Å². The zero-order valence-electron chi connectivity index (χ0n) is 10.1. The monoisotopic (exact) mass is 235 g/mol. The molecule has 0 bridgehead atoms. The van der Waals surface area contributed by atoms with Gasteiger partial charge in [-0.05, 0) is 25.1 Å². The summed E-state index contributed by atoms with van der Waals surface area (Å²) in [5.41, 5.74) is 2.61. The molecule has 2 aromatic carbocycles. The quantitative estimate of drug-likeness (QED) is 0.582. The van der Waals surface area contributed by atoms with Crippen LogP contribution in [0.1, 0.15) is 6.92 Å². The first-order valence-electron chi connectivity index (χ1n) is 5.96. The van der Waals surface area contributed by atoms with Crippen molar-refractivity contribution in [1.82, 2.24) is 0 Å². The summed E-state index contributed by atoms with van der Waals surface area (Å²) in [4.78, 5) is 4.41. The van der Waals surface area contributed by atoms with E-state index in [1.54, 1.807) is 6.21 Å². The van der Waals surface area contributed by atoms with Crippen LogP contribution in [0.25, 0.3) is 21.9 Å². The average molecular weight is 235 g/mol. The third-order valence-electron chi connectivity index (χ3n) is 2.88. The van der Waals surface area contributed by atoms with E-state index in [0.717, 1.165) is 27.6 Å². The molecule has 88 valence electrons. The van der Waals surface area contributed by atoms with Crippen LogP contribution in [0.5, 0.6) is 0 Å². The van der Waals surface area contributed by atoms with Crippen molar-refractivity contribution in [2.75, 3.05) is 0 Å². The van der Waals surface area contributed by atoms with E-state index in [4.69, 9.17) is 4.42 Å². The molecule has 0 atom stereocenters. The number of hydrogen-bond acceptors (Lipinski definition) is 2. The fourth-order valence-corrected chi connectivity index (χ4v) is 2.04. The molecule has 0 unspecified atom stereocenters. The molecule has 0 radical (unpaired) electrons. The Bertz CT molecular complexity index is 750. The van der Waals surface area contributed by atoms with E-state index in [1.165, 1.54) is 0 Å². The second-order valence-electron chi connectivity index (χ2n) is 4.06. The molecule has 18 heavy (non-hydrogen) atoms. The summed E-state index contributed by atoms with van der Waals surface area (Å²) in [5, 5.41) is 2.25. The van der Waals surface area contributed by atoms with Crippen LogP contribution in [0.15, 0.2) is 64.0 Å². The topological polar surface area (TPSA) is 25.5 Å². The van der Waals surface area contributed by atoms with Crippen molar-refractivity contribution in [3.05, 3.63) is 54.6 Å². The number of fused-ring (bicyclic) bond motifs is 3. The van der Waals surface area contributed by atoms with Crippen LogP contribution in [-0.2, 0) is 0 Å². The lowest BCUT2D eigenvalue weighted by Gasteiger charge is -1.93. The lowest BCUT2D eigenvalue weighted by atomic mass is 10.1. The van der Waals surface area contributed by atoms with E-state index < -0.39 is 0 Å². The molecule has 0 saturated heterocycles. The second kappa shape index (κ2) is 4.49. The van der Waals surface area contributed by atoms with Crippen molar-refractivity contribution >= 4 is 33.8 Å². The average Bonchev–Trinajstić information content (AvgIpc) is 2.79. The Kier molecular flexibility index (Phi) is 2.69. The second-order valence-corrected chi connectivity index (χ2v) is 4.06. The molecule has 1 aromatic heterocycles. The summed E-state index contributed by atoms with van der Waals surface area (Å²) < 4.78 is 5.88. The predicted octanol–water partition coefficient (Wildman–Crippen LogP) is 4.86. The van der Waals surface area contributed by atoms with E-state index in [0.29, 0.717) is 0 Å². The smallest absolute Gasteiger partial charge is 0.160 e. The van der Waals surface area contributed by atoms with Crippen molar-refractivity contribution < 1.29 is 4.42 Å². The van der Waals surface area contributed by atoms with Gasteiger partial charge in [0.15, 0.2) is 5.58 Å². The Morgan fingerprint density at radius 1 is 1.00 bits per heavy atom. The lowest BCUT2D eigenvalue weighted by molar-refractivity contribution is 0.669. The SMILES string of the molecule is C/C=C\C=Nc1cccc2c1oc1ccccc12. The number of rotatable bonds is 2. The standard InChI is InChI=1S/C16H13NO/c1-2-3-11-17-14-9-6-8-13-12-7-4-5-10-15(12)18-16(13)14/h2-11H,1H3/b3-2-,17-11?. The molecule has 0 amide bonds. The Balaban J connectivity index is 2.27. The van der Waals surface area contributed by atoms with Crippen LogP contribution in [0.3, 0.4) is 0 Å². The van der Waals surface area contributed by atoms with Crippen LogP contribution in [-0.4, -0.2) is 6.21 Å². The summed E-state index contributed by atoms with van der Waals surface area (Å²) in [6.07, 6.45) is 5.63. The molecule has 2 heteroatoms. The van der Waals surface area contributed by atoms with Gasteiger partial charge in [0.25, 0.3) is 0 Å². The summed E-state index contributed by atoms with van der Waals surface area (Å²) in [6.45, 7) is 1.97. The van der Waals surface area contributed by atoms with Gasteiger partial charge in [0.2, 0.25) is 0 Å². The van der Waals surface area contributed by atoms with E-state index in [1.807, 2.05) is 49.4 Å². The largest absolute Gasteiger partial charge is 0.454 e. The van der Waals surface area contributed by atoms with Crippen LogP contribution in [0.2, 0.25) is 0 Å². The Morgan fingerprint density at radius 3 is 2.72 bits per heavy atom. The molecule has 0 spiro atoms. The van der Waals surface area contributed by atoms with Crippen LogP contribution in [0, 0.1) is 0 Å². The first kappa shape index (κ1) is 10.8. The zero-order valence-corrected chi connectivity index (χ0v) is 10.1. The van der Waals surface area contributed by atoms with Gasteiger partial charge in [-0.15, -0.1) is 0 Å². The van der Waals surface area contributed by atoms with Crippen LogP contribution in [0.4, 0.5) is 5.69 Å². The molecule has 0 saturated carbocycles. The zero-order chi connectivity index (χ0) is 12.4. The minimum atomic E-state index is 0.847. The number of nitrogens with zero attached hydrogens (tertiary/aromatic N) is 1. The Morgan fingerprint density at radius 2 is 1.83 bits per heavy atom. The highest BCUT2D eigenvalue weighted by molar-refractivity contribution is 6.08.